The Bertz CT molecular complexity index is 509. The van der Waals surface area contributed by atoms with Crippen LogP contribution < -0.4 is 22.8 Å². The lowest BCUT2D eigenvalue weighted by Crippen LogP contribution is -2.10. The van der Waals surface area contributed by atoms with Crippen molar-refractivity contribution in [1.82, 2.24) is 19.9 Å². The minimum atomic E-state index is -0.412. The fourth-order valence-electron chi connectivity index (χ4n) is 0.765. The number of nitrogens with zero attached hydrogens (tertiary/aromatic N) is 2. The number of aromatic nitrogens is 4. The van der Waals surface area contributed by atoms with Crippen LogP contribution in [0, 0.1) is 0 Å². The van der Waals surface area contributed by atoms with Gasteiger partial charge >= 0.3 is 11.4 Å². The van der Waals surface area contributed by atoms with E-state index >= 15 is 0 Å². The molecule has 0 radical (unpaired) electrons. The van der Waals surface area contributed by atoms with Gasteiger partial charge in [0.1, 0.15) is 11.6 Å². The summed E-state index contributed by atoms with van der Waals surface area (Å²) in [5, 5.41) is 0. The highest BCUT2D eigenvalue weighted by atomic mass is 16.1. The first-order chi connectivity index (χ1) is 7.58. The van der Waals surface area contributed by atoms with Crippen molar-refractivity contribution in [1.29, 1.82) is 0 Å². The van der Waals surface area contributed by atoms with Gasteiger partial charge < -0.3 is 11.5 Å². The van der Waals surface area contributed by atoms with E-state index in [0.29, 0.717) is 11.6 Å². The summed E-state index contributed by atoms with van der Waals surface area (Å²) in [5.74, 6) is 0.676. The quantitative estimate of drug-likeness (QED) is 0.436. The largest absolute Gasteiger partial charge is 0.385 e. The molecule has 0 aliphatic carbocycles. The molecule has 2 aromatic rings. The lowest BCUT2D eigenvalue weighted by atomic mass is 10.6. The zero-order chi connectivity index (χ0) is 12.0. The molecule has 0 aromatic carbocycles. The van der Waals surface area contributed by atoms with Crippen molar-refractivity contribution in [3.05, 3.63) is 45.5 Å². The summed E-state index contributed by atoms with van der Waals surface area (Å²) in [4.78, 5) is 31.7. The minimum Gasteiger partial charge on any atom is -0.385 e. The average molecular weight is 222 g/mol. The van der Waals surface area contributed by atoms with Gasteiger partial charge in [0.05, 0.1) is 0 Å². The Morgan fingerprint density at radius 3 is 1.44 bits per heavy atom. The maximum atomic E-state index is 10.2. The number of hydrogen-bond acceptors (Lipinski definition) is 6. The van der Waals surface area contributed by atoms with Gasteiger partial charge in [-0.25, -0.2) is 19.6 Å². The van der Waals surface area contributed by atoms with Gasteiger partial charge in [-0.15, -0.1) is 0 Å². The number of nitrogens with one attached hydrogen (secondary N) is 2. The van der Waals surface area contributed by atoms with Gasteiger partial charge in [0, 0.05) is 12.4 Å². The molecule has 2 heterocycles. The van der Waals surface area contributed by atoms with Crippen LogP contribution >= 0.6 is 0 Å². The van der Waals surface area contributed by atoms with Gasteiger partial charge in [-0.2, -0.15) is 0 Å². The van der Waals surface area contributed by atoms with Crippen LogP contribution in [0.1, 0.15) is 0 Å². The van der Waals surface area contributed by atoms with Crippen molar-refractivity contribution in [3.63, 3.8) is 0 Å². The molecule has 0 aliphatic heterocycles. The van der Waals surface area contributed by atoms with E-state index in [-0.39, 0.29) is 0 Å². The molecule has 0 saturated heterocycles. The van der Waals surface area contributed by atoms with Crippen LogP contribution in [0.15, 0.2) is 34.1 Å². The van der Waals surface area contributed by atoms with Gasteiger partial charge in [-0.05, 0) is 12.1 Å². The number of H-pyrrole nitrogens is 2. The Hall–Kier alpha value is -2.64. The maximum absolute atomic E-state index is 10.2. The van der Waals surface area contributed by atoms with Crippen molar-refractivity contribution in [2.75, 3.05) is 11.5 Å². The van der Waals surface area contributed by atoms with Crippen molar-refractivity contribution < 1.29 is 0 Å². The summed E-state index contributed by atoms with van der Waals surface area (Å²) in [6.07, 6.45) is 2.71. The number of rotatable bonds is 0. The maximum Gasteiger partial charge on any atom is 0.346 e. The standard InChI is InChI=1S/2C4H5N3O/c2*5-3-1-2-6-4(8)7-3/h2*1-2H,(H3,5,6,7,8). The minimum absolute atomic E-state index is 0.338. The van der Waals surface area contributed by atoms with E-state index in [4.69, 9.17) is 11.5 Å². The molecule has 2 rings (SSSR count). The molecule has 8 nitrogen and oxygen atoms in total. The van der Waals surface area contributed by atoms with Crippen LogP contribution in [0.5, 0.6) is 0 Å². The summed E-state index contributed by atoms with van der Waals surface area (Å²) in [6.45, 7) is 0. The van der Waals surface area contributed by atoms with E-state index < -0.39 is 11.4 Å². The van der Waals surface area contributed by atoms with Crippen LogP contribution in [0.2, 0.25) is 0 Å². The monoisotopic (exact) mass is 222 g/mol. The summed E-state index contributed by atoms with van der Waals surface area (Å²) < 4.78 is 0. The SMILES string of the molecule is Nc1ccnc(=O)[nH]1.Nc1ccnc(=O)[nH]1. The van der Waals surface area contributed by atoms with Gasteiger partial charge in [-0.1, -0.05) is 0 Å². The third kappa shape index (κ3) is 4.05. The molecule has 0 fully saturated rings. The third-order valence-electron chi connectivity index (χ3n) is 1.39. The molecule has 0 atom stereocenters. The lowest BCUT2D eigenvalue weighted by molar-refractivity contribution is 1.08. The first-order valence-corrected chi connectivity index (χ1v) is 4.19. The summed E-state index contributed by atoms with van der Waals surface area (Å²) in [5.41, 5.74) is 9.50. The average Bonchev–Trinajstić information content (AvgIpc) is 2.17. The van der Waals surface area contributed by atoms with Crippen LogP contribution in [0.4, 0.5) is 11.6 Å². The van der Waals surface area contributed by atoms with Gasteiger partial charge in [0.2, 0.25) is 0 Å². The van der Waals surface area contributed by atoms with Crippen LogP contribution in [-0.2, 0) is 0 Å². The highest BCUT2D eigenvalue weighted by Gasteiger charge is 1.81. The predicted octanol–water partition coefficient (Wildman–Crippen LogP) is -1.30. The van der Waals surface area contributed by atoms with Crippen molar-refractivity contribution in [2.24, 2.45) is 0 Å². The van der Waals surface area contributed by atoms with Crippen LogP contribution in [0.3, 0.4) is 0 Å². The van der Waals surface area contributed by atoms with Gasteiger partial charge in [-0.3, -0.25) is 9.97 Å². The molecule has 0 aliphatic rings. The number of nitrogen functional groups attached to an aromatic ring is 2. The van der Waals surface area contributed by atoms with Crippen LogP contribution in [-0.4, -0.2) is 19.9 Å². The highest BCUT2D eigenvalue weighted by Crippen LogP contribution is 1.83. The van der Waals surface area contributed by atoms with Crippen molar-refractivity contribution >= 4 is 11.6 Å². The zero-order valence-corrected chi connectivity index (χ0v) is 8.18. The summed E-state index contributed by atoms with van der Waals surface area (Å²) in [6, 6.07) is 3.03. The predicted molar refractivity (Wildman–Crippen MR) is 58.5 cm³/mol. The Kier molecular flexibility index (Phi) is 3.78. The molecular weight excluding hydrogens is 212 g/mol. The first-order valence-electron chi connectivity index (χ1n) is 4.19. The third-order valence-corrected chi connectivity index (χ3v) is 1.39. The Morgan fingerprint density at radius 1 is 0.875 bits per heavy atom. The molecule has 84 valence electrons. The zero-order valence-electron chi connectivity index (χ0n) is 8.18. The van der Waals surface area contributed by atoms with Crippen molar-refractivity contribution in [3.8, 4) is 0 Å². The fraction of sp³-hybridized carbons (Fsp3) is 0. The molecule has 0 spiro atoms. The Morgan fingerprint density at radius 2 is 1.25 bits per heavy atom. The Balaban J connectivity index is 0.000000160. The van der Waals surface area contributed by atoms with E-state index in [9.17, 15) is 9.59 Å². The summed E-state index contributed by atoms with van der Waals surface area (Å²) >= 11 is 0. The van der Waals surface area contributed by atoms with Gasteiger partial charge in [0.15, 0.2) is 0 Å². The second kappa shape index (κ2) is 5.29. The van der Waals surface area contributed by atoms with E-state index in [0.717, 1.165) is 0 Å². The normalized spacial score (nSPS) is 9.00. The van der Waals surface area contributed by atoms with E-state index in [1.54, 1.807) is 0 Å². The first kappa shape index (κ1) is 11.4. The number of hydrogen-bond donors (Lipinski definition) is 4. The molecule has 0 bridgehead atoms. The molecule has 2 aromatic heterocycles. The smallest absolute Gasteiger partial charge is 0.346 e. The lowest BCUT2D eigenvalue weighted by Gasteiger charge is -1.84. The second-order valence-corrected chi connectivity index (χ2v) is 2.66. The number of nitrogens with two attached hydrogens (primary N) is 2. The molecular formula is C8H10N6O2. The summed E-state index contributed by atoms with van der Waals surface area (Å²) in [7, 11) is 0. The Labute approximate surface area is 89.4 Å². The molecule has 8 heteroatoms. The molecule has 6 N–H and O–H groups in total. The van der Waals surface area contributed by atoms with E-state index in [2.05, 4.69) is 19.9 Å². The fourth-order valence-corrected chi connectivity index (χ4v) is 0.765. The van der Waals surface area contributed by atoms with E-state index in [1.165, 1.54) is 24.5 Å². The molecule has 0 amide bonds. The van der Waals surface area contributed by atoms with Crippen molar-refractivity contribution in [2.45, 2.75) is 0 Å². The number of aromatic amines is 2. The topological polar surface area (TPSA) is 144 Å². The second-order valence-electron chi connectivity index (χ2n) is 2.66. The van der Waals surface area contributed by atoms with Crippen LogP contribution in [0.25, 0.3) is 0 Å². The molecule has 0 unspecified atom stereocenters. The number of anilines is 2. The highest BCUT2D eigenvalue weighted by molar-refractivity contribution is 5.23. The van der Waals surface area contributed by atoms with E-state index in [1.807, 2.05) is 0 Å². The molecule has 0 saturated carbocycles. The molecule has 16 heavy (non-hydrogen) atoms. The van der Waals surface area contributed by atoms with Gasteiger partial charge in [0.25, 0.3) is 0 Å².